The number of fused-ring (bicyclic) bond motifs is 1. The van der Waals surface area contributed by atoms with Crippen molar-refractivity contribution < 1.29 is 27.5 Å². The van der Waals surface area contributed by atoms with Crippen LogP contribution in [0.1, 0.15) is 23.2 Å². The third-order valence-corrected chi connectivity index (χ3v) is 8.53. The van der Waals surface area contributed by atoms with E-state index in [0.717, 1.165) is 0 Å². The molecule has 0 spiro atoms. The highest BCUT2D eigenvalue weighted by molar-refractivity contribution is 7.89. The number of amides is 3. The Morgan fingerprint density at radius 3 is 2.00 bits per heavy atom. The largest absolute Gasteiger partial charge is 0.379 e. The van der Waals surface area contributed by atoms with E-state index in [1.807, 2.05) is 12.2 Å². The molecule has 2 aromatic carbocycles. The van der Waals surface area contributed by atoms with Crippen LogP contribution in [0.2, 0.25) is 0 Å². The molecule has 10 heteroatoms. The zero-order chi connectivity index (χ0) is 24.6. The molecule has 2 aliphatic heterocycles. The number of hydrogen-bond donors (Lipinski definition) is 1. The number of hydrogen-bond acceptors (Lipinski definition) is 6. The standard InChI is InChI=1S/C25H25N3O6S/c29-23(26-18-7-11-20(12-8-18)35(32,33)27-13-15-34-16-14-27)17-5-9-19(10-6-17)28-24(30)21-3-1-2-4-22(21)25(28)31/h1-2,5-12,21-22H,3-4,13-16H2,(H,26,29). The van der Waals surface area contributed by atoms with Crippen molar-refractivity contribution in [2.75, 3.05) is 36.5 Å². The van der Waals surface area contributed by atoms with E-state index in [1.54, 1.807) is 24.3 Å². The molecule has 2 unspecified atom stereocenters. The van der Waals surface area contributed by atoms with Gasteiger partial charge in [0.1, 0.15) is 0 Å². The fourth-order valence-electron chi connectivity index (χ4n) is 4.67. The number of morpholine rings is 1. The molecule has 0 bridgehead atoms. The van der Waals surface area contributed by atoms with Gasteiger partial charge in [-0.05, 0) is 61.4 Å². The number of sulfonamides is 1. The molecule has 2 saturated heterocycles. The summed E-state index contributed by atoms with van der Waals surface area (Å²) in [5.74, 6) is -1.42. The fourth-order valence-corrected chi connectivity index (χ4v) is 6.07. The first-order valence-corrected chi connectivity index (χ1v) is 12.9. The molecule has 35 heavy (non-hydrogen) atoms. The zero-order valence-electron chi connectivity index (χ0n) is 18.9. The first-order valence-electron chi connectivity index (χ1n) is 11.5. The maximum absolute atomic E-state index is 12.7. The Hall–Kier alpha value is -3.34. The third-order valence-electron chi connectivity index (χ3n) is 6.62. The summed E-state index contributed by atoms with van der Waals surface area (Å²) in [5, 5.41) is 2.74. The van der Waals surface area contributed by atoms with Crippen molar-refractivity contribution in [3.63, 3.8) is 0 Å². The molecule has 2 heterocycles. The normalized spacial score (nSPS) is 22.8. The van der Waals surface area contributed by atoms with Crippen molar-refractivity contribution in [1.82, 2.24) is 4.31 Å². The van der Waals surface area contributed by atoms with E-state index in [0.29, 0.717) is 56.1 Å². The van der Waals surface area contributed by atoms with E-state index in [2.05, 4.69) is 5.32 Å². The van der Waals surface area contributed by atoms with Crippen LogP contribution in [-0.4, -0.2) is 56.7 Å². The average molecular weight is 496 g/mol. The average Bonchev–Trinajstić information content (AvgIpc) is 3.15. The molecule has 2 aromatic rings. The fraction of sp³-hybridized carbons (Fsp3) is 0.320. The smallest absolute Gasteiger partial charge is 0.255 e. The number of imide groups is 1. The van der Waals surface area contributed by atoms with E-state index >= 15 is 0 Å². The highest BCUT2D eigenvalue weighted by Crippen LogP contribution is 2.37. The molecule has 0 saturated carbocycles. The summed E-state index contributed by atoms with van der Waals surface area (Å²) in [6, 6.07) is 12.3. The van der Waals surface area contributed by atoms with Crippen LogP contribution in [0.15, 0.2) is 65.6 Å². The topological polar surface area (TPSA) is 113 Å². The SMILES string of the molecule is O=C(Nc1ccc(S(=O)(=O)N2CCOCC2)cc1)c1ccc(N2C(=O)C3CC=CCC3C2=O)cc1. The van der Waals surface area contributed by atoms with E-state index in [9.17, 15) is 22.8 Å². The lowest BCUT2D eigenvalue weighted by Gasteiger charge is -2.26. The summed E-state index contributed by atoms with van der Waals surface area (Å²) in [4.78, 5) is 39.6. The third kappa shape index (κ3) is 4.40. The molecule has 3 amide bonds. The van der Waals surface area contributed by atoms with E-state index in [1.165, 1.54) is 33.5 Å². The highest BCUT2D eigenvalue weighted by atomic mass is 32.2. The van der Waals surface area contributed by atoms with Gasteiger partial charge in [-0.25, -0.2) is 8.42 Å². The lowest BCUT2D eigenvalue weighted by molar-refractivity contribution is -0.122. The van der Waals surface area contributed by atoms with Gasteiger partial charge in [0.2, 0.25) is 21.8 Å². The second-order valence-electron chi connectivity index (χ2n) is 8.71. The summed E-state index contributed by atoms with van der Waals surface area (Å²) in [7, 11) is -3.61. The molecule has 2 atom stereocenters. The predicted octanol–water partition coefficient (Wildman–Crippen LogP) is 2.42. The number of carbonyl (C=O) groups is 3. The zero-order valence-corrected chi connectivity index (χ0v) is 19.7. The number of allylic oxidation sites excluding steroid dienone is 2. The Labute approximate surface area is 203 Å². The Balaban J connectivity index is 1.25. The van der Waals surface area contributed by atoms with Crippen molar-refractivity contribution in [2.24, 2.45) is 11.8 Å². The highest BCUT2D eigenvalue weighted by Gasteiger charge is 2.47. The van der Waals surface area contributed by atoms with E-state index in [-0.39, 0.29) is 28.5 Å². The number of nitrogens with one attached hydrogen (secondary N) is 1. The number of carbonyl (C=O) groups excluding carboxylic acids is 3. The molecular formula is C25H25N3O6S. The molecule has 182 valence electrons. The number of anilines is 2. The summed E-state index contributed by atoms with van der Waals surface area (Å²) in [6.07, 6.45) is 5.01. The first-order chi connectivity index (χ1) is 16.9. The van der Waals surface area contributed by atoms with Gasteiger partial charge in [-0.3, -0.25) is 19.3 Å². The molecule has 1 N–H and O–H groups in total. The number of nitrogens with zero attached hydrogens (tertiary/aromatic N) is 2. The number of ether oxygens (including phenoxy) is 1. The van der Waals surface area contributed by atoms with E-state index < -0.39 is 15.9 Å². The molecule has 5 rings (SSSR count). The van der Waals surface area contributed by atoms with Crippen LogP contribution in [0, 0.1) is 11.8 Å². The van der Waals surface area contributed by atoms with Gasteiger partial charge in [-0.15, -0.1) is 0 Å². The minimum absolute atomic E-state index is 0.150. The lowest BCUT2D eigenvalue weighted by atomic mass is 9.85. The predicted molar refractivity (Wildman–Crippen MR) is 128 cm³/mol. The second-order valence-corrected chi connectivity index (χ2v) is 10.6. The molecular weight excluding hydrogens is 470 g/mol. The van der Waals surface area contributed by atoms with Gasteiger partial charge in [0.15, 0.2) is 0 Å². The minimum atomic E-state index is -3.61. The van der Waals surface area contributed by atoms with Crippen LogP contribution < -0.4 is 10.2 Å². The van der Waals surface area contributed by atoms with Gasteiger partial charge in [0.25, 0.3) is 5.91 Å². The van der Waals surface area contributed by atoms with Crippen LogP contribution >= 0.6 is 0 Å². The summed E-state index contributed by atoms with van der Waals surface area (Å²) in [5.41, 5.74) is 1.24. The molecule has 1 aliphatic carbocycles. The van der Waals surface area contributed by atoms with Gasteiger partial charge >= 0.3 is 0 Å². The number of rotatable bonds is 5. The van der Waals surface area contributed by atoms with Gasteiger partial charge < -0.3 is 10.1 Å². The van der Waals surface area contributed by atoms with E-state index in [4.69, 9.17) is 4.74 Å². The summed E-state index contributed by atoms with van der Waals surface area (Å²) >= 11 is 0. The Morgan fingerprint density at radius 2 is 1.43 bits per heavy atom. The molecule has 3 aliphatic rings. The summed E-state index contributed by atoms with van der Waals surface area (Å²) in [6.45, 7) is 1.35. The Morgan fingerprint density at radius 1 is 0.857 bits per heavy atom. The molecule has 0 radical (unpaired) electrons. The van der Waals surface area contributed by atoms with Crippen LogP contribution in [0.4, 0.5) is 11.4 Å². The van der Waals surface area contributed by atoms with Crippen molar-refractivity contribution in [3.05, 3.63) is 66.2 Å². The minimum Gasteiger partial charge on any atom is -0.379 e. The van der Waals surface area contributed by atoms with Crippen LogP contribution in [0.5, 0.6) is 0 Å². The van der Waals surface area contributed by atoms with Gasteiger partial charge in [0.05, 0.1) is 35.6 Å². The van der Waals surface area contributed by atoms with Gasteiger partial charge in [-0.2, -0.15) is 4.31 Å². The van der Waals surface area contributed by atoms with Crippen molar-refractivity contribution >= 4 is 39.1 Å². The quantitative estimate of drug-likeness (QED) is 0.504. The van der Waals surface area contributed by atoms with Crippen molar-refractivity contribution in [1.29, 1.82) is 0 Å². The maximum Gasteiger partial charge on any atom is 0.255 e. The lowest BCUT2D eigenvalue weighted by Crippen LogP contribution is -2.40. The van der Waals surface area contributed by atoms with Crippen LogP contribution in [0.25, 0.3) is 0 Å². The first kappa shape index (κ1) is 23.4. The van der Waals surface area contributed by atoms with Gasteiger partial charge in [-0.1, -0.05) is 12.2 Å². The molecule has 2 fully saturated rings. The van der Waals surface area contributed by atoms with Crippen LogP contribution in [-0.2, 0) is 24.3 Å². The van der Waals surface area contributed by atoms with Crippen molar-refractivity contribution in [3.8, 4) is 0 Å². The number of benzene rings is 2. The van der Waals surface area contributed by atoms with Gasteiger partial charge in [0, 0.05) is 24.3 Å². The van der Waals surface area contributed by atoms with Crippen LogP contribution in [0.3, 0.4) is 0 Å². The monoisotopic (exact) mass is 495 g/mol. The molecule has 0 aromatic heterocycles. The summed E-state index contributed by atoms with van der Waals surface area (Å²) < 4.78 is 32.1. The Kier molecular flexibility index (Phi) is 6.26. The molecule has 9 nitrogen and oxygen atoms in total. The second kappa shape index (κ2) is 9.37. The maximum atomic E-state index is 12.7. The Bertz CT molecular complexity index is 1260. The van der Waals surface area contributed by atoms with Crippen molar-refractivity contribution in [2.45, 2.75) is 17.7 Å².